The summed E-state index contributed by atoms with van der Waals surface area (Å²) in [5, 5.41) is 3.41. The maximum Gasteiger partial charge on any atom is 0.0874 e. The van der Waals surface area contributed by atoms with Crippen LogP contribution in [0.1, 0.15) is 5.56 Å². The van der Waals surface area contributed by atoms with Gasteiger partial charge >= 0.3 is 0 Å². The molecule has 1 heterocycles. The summed E-state index contributed by atoms with van der Waals surface area (Å²) in [6, 6.07) is 8.47. The van der Waals surface area contributed by atoms with E-state index in [0.717, 1.165) is 26.2 Å². The number of anilines is 1. The highest BCUT2D eigenvalue weighted by Gasteiger charge is 2.16. The van der Waals surface area contributed by atoms with Crippen LogP contribution in [0.3, 0.4) is 0 Å². The fourth-order valence-electron chi connectivity index (χ4n) is 1.89. The average molecular weight is 220 g/mol. The van der Waals surface area contributed by atoms with Crippen LogP contribution in [0.4, 0.5) is 5.69 Å². The smallest absolute Gasteiger partial charge is 0.0874 e. The van der Waals surface area contributed by atoms with E-state index >= 15 is 0 Å². The van der Waals surface area contributed by atoms with Crippen LogP contribution >= 0.6 is 0 Å². The van der Waals surface area contributed by atoms with Crippen LogP contribution in [-0.4, -0.2) is 44.3 Å². The molecule has 3 heteroatoms. The van der Waals surface area contributed by atoms with Crippen molar-refractivity contribution in [2.24, 2.45) is 0 Å². The largest absolute Gasteiger partial charge is 0.382 e. The number of hydrogen-bond acceptors (Lipinski definition) is 3. The van der Waals surface area contributed by atoms with Crippen LogP contribution < -0.4 is 5.32 Å². The first kappa shape index (κ1) is 11.4. The molecule has 1 aromatic carbocycles. The summed E-state index contributed by atoms with van der Waals surface area (Å²) in [5.41, 5.74) is 2.46. The molecular weight excluding hydrogens is 200 g/mol. The molecule has 88 valence electrons. The molecule has 0 aromatic heterocycles. The summed E-state index contributed by atoms with van der Waals surface area (Å²) >= 11 is 0. The quantitative estimate of drug-likeness (QED) is 0.839. The summed E-state index contributed by atoms with van der Waals surface area (Å²) in [6.45, 7) is 5.88. The summed E-state index contributed by atoms with van der Waals surface area (Å²) in [4.78, 5) is 2.31. The zero-order valence-electron chi connectivity index (χ0n) is 10.1. The Bertz CT molecular complexity index is 323. The molecule has 0 spiro atoms. The van der Waals surface area contributed by atoms with E-state index in [2.05, 4.69) is 48.5 Å². The monoisotopic (exact) mass is 220 g/mol. The predicted molar refractivity (Wildman–Crippen MR) is 66.9 cm³/mol. The van der Waals surface area contributed by atoms with Crippen LogP contribution in [0.2, 0.25) is 0 Å². The van der Waals surface area contributed by atoms with Crippen LogP contribution in [0.15, 0.2) is 24.3 Å². The van der Waals surface area contributed by atoms with Gasteiger partial charge in [-0.15, -0.1) is 0 Å². The van der Waals surface area contributed by atoms with Gasteiger partial charge < -0.3 is 15.0 Å². The molecule has 0 aliphatic carbocycles. The van der Waals surface area contributed by atoms with Gasteiger partial charge in [-0.05, 0) is 26.1 Å². The van der Waals surface area contributed by atoms with E-state index in [0.29, 0.717) is 6.10 Å². The molecule has 1 fully saturated rings. The first-order valence-electron chi connectivity index (χ1n) is 5.85. The third-order valence-corrected chi connectivity index (χ3v) is 2.93. The van der Waals surface area contributed by atoms with Crippen LogP contribution in [-0.2, 0) is 4.74 Å². The molecular formula is C13H20N2O. The van der Waals surface area contributed by atoms with Gasteiger partial charge in [0.1, 0.15) is 0 Å². The highest BCUT2D eigenvalue weighted by atomic mass is 16.5. The lowest BCUT2D eigenvalue weighted by Crippen LogP contribution is -2.43. The van der Waals surface area contributed by atoms with Crippen molar-refractivity contribution < 1.29 is 4.74 Å². The Hall–Kier alpha value is -1.06. The molecule has 2 rings (SSSR count). The number of nitrogens with zero attached hydrogens (tertiary/aromatic N) is 1. The molecule has 1 unspecified atom stereocenters. The number of benzene rings is 1. The lowest BCUT2D eigenvalue weighted by molar-refractivity contribution is -0.0117. The molecule has 16 heavy (non-hydrogen) atoms. The first-order chi connectivity index (χ1) is 7.74. The number of ether oxygens (including phenoxy) is 1. The van der Waals surface area contributed by atoms with Gasteiger partial charge in [0.05, 0.1) is 12.7 Å². The van der Waals surface area contributed by atoms with Crippen molar-refractivity contribution in [3.8, 4) is 0 Å². The van der Waals surface area contributed by atoms with E-state index in [-0.39, 0.29) is 0 Å². The SMILES string of the molecule is Cc1ccc(NCC2CN(C)CCO2)cc1. The molecule has 0 radical (unpaired) electrons. The predicted octanol–water partition coefficient (Wildman–Crippen LogP) is 1.74. The maximum absolute atomic E-state index is 5.69. The second kappa shape index (κ2) is 5.32. The second-order valence-corrected chi connectivity index (χ2v) is 4.50. The van der Waals surface area contributed by atoms with Crippen molar-refractivity contribution in [1.82, 2.24) is 4.90 Å². The average Bonchev–Trinajstić information content (AvgIpc) is 2.28. The zero-order valence-corrected chi connectivity index (χ0v) is 10.1. The lowest BCUT2D eigenvalue weighted by Gasteiger charge is -2.30. The minimum absolute atomic E-state index is 0.306. The van der Waals surface area contributed by atoms with Gasteiger partial charge in [0.25, 0.3) is 0 Å². The third-order valence-electron chi connectivity index (χ3n) is 2.93. The highest BCUT2D eigenvalue weighted by Crippen LogP contribution is 2.10. The molecule has 3 nitrogen and oxygen atoms in total. The van der Waals surface area contributed by atoms with Gasteiger partial charge in [-0.2, -0.15) is 0 Å². The Morgan fingerprint density at radius 3 is 2.81 bits per heavy atom. The summed E-state index contributed by atoms with van der Waals surface area (Å²) < 4.78 is 5.69. The van der Waals surface area contributed by atoms with Gasteiger partial charge in [0, 0.05) is 25.3 Å². The Kier molecular flexibility index (Phi) is 3.80. The van der Waals surface area contributed by atoms with Gasteiger partial charge in [0.2, 0.25) is 0 Å². The molecule has 0 saturated carbocycles. The molecule has 1 aromatic rings. The summed E-state index contributed by atoms with van der Waals surface area (Å²) in [6.07, 6.45) is 0.306. The van der Waals surface area contributed by atoms with E-state index in [4.69, 9.17) is 4.74 Å². The molecule has 1 aliphatic heterocycles. The number of rotatable bonds is 3. The molecule has 0 amide bonds. The second-order valence-electron chi connectivity index (χ2n) is 4.50. The zero-order chi connectivity index (χ0) is 11.4. The Balaban J connectivity index is 1.80. The highest BCUT2D eigenvalue weighted by molar-refractivity contribution is 5.44. The molecule has 1 saturated heterocycles. The Labute approximate surface area is 97.4 Å². The third kappa shape index (κ3) is 3.22. The van der Waals surface area contributed by atoms with Crippen LogP contribution in [0.25, 0.3) is 0 Å². The number of likely N-dealkylation sites (N-methyl/N-ethyl adjacent to an activating group) is 1. The fourth-order valence-corrected chi connectivity index (χ4v) is 1.89. The van der Waals surface area contributed by atoms with E-state index < -0.39 is 0 Å². The van der Waals surface area contributed by atoms with Crippen molar-refractivity contribution in [2.75, 3.05) is 38.6 Å². The molecule has 1 atom stereocenters. The van der Waals surface area contributed by atoms with Gasteiger partial charge in [-0.25, -0.2) is 0 Å². The van der Waals surface area contributed by atoms with E-state index in [9.17, 15) is 0 Å². The maximum atomic E-state index is 5.69. The summed E-state index contributed by atoms with van der Waals surface area (Å²) in [5.74, 6) is 0. The van der Waals surface area contributed by atoms with Crippen molar-refractivity contribution in [3.05, 3.63) is 29.8 Å². The van der Waals surface area contributed by atoms with E-state index in [1.807, 2.05) is 0 Å². The molecule has 0 bridgehead atoms. The van der Waals surface area contributed by atoms with Gasteiger partial charge in [-0.1, -0.05) is 17.7 Å². The van der Waals surface area contributed by atoms with E-state index in [1.54, 1.807) is 0 Å². The topological polar surface area (TPSA) is 24.5 Å². The minimum Gasteiger partial charge on any atom is -0.382 e. The Morgan fingerprint density at radius 1 is 1.38 bits per heavy atom. The normalized spacial score (nSPS) is 22.0. The van der Waals surface area contributed by atoms with Crippen molar-refractivity contribution in [3.63, 3.8) is 0 Å². The molecule has 1 aliphatic rings. The molecule has 1 N–H and O–H groups in total. The van der Waals surface area contributed by atoms with Crippen LogP contribution in [0.5, 0.6) is 0 Å². The lowest BCUT2D eigenvalue weighted by atomic mass is 10.2. The van der Waals surface area contributed by atoms with Gasteiger partial charge in [-0.3, -0.25) is 0 Å². The number of nitrogens with one attached hydrogen (secondary N) is 1. The Morgan fingerprint density at radius 2 is 2.12 bits per heavy atom. The van der Waals surface area contributed by atoms with E-state index in [1.165, 1.54) is 11.3 Å². The summed E-state index contributed by atoms with van der Waals surface area (Å²) in [7, 11) is 2.14. The fraction of sp³-hybridized carbons (Fsp3) is 0.538. The van der Waals surface area contributed by atoms with Crippen molar-refractivity contribution in [1.29, 1.82) is 0 Å². The first-order valence-corrected chi connectivity index (χ1v) is 5.85. The van der Waals surface area contributed by atoms with Crippen molar-refractivity contribution >= 4 is 5.69 Å². The number of morpholine rings is 1. The van der Waals surface area contributed by atoms with Gasteiger partial charge in [0.15, 0.2) is 0 Å². The number of aryl methyl sites for hydroxylation is 1. The number of hydrogen-bond donors (Lipinski definition) is 1. The van der Waals surface area contributed by atoms with Crippen LogP contribution in [0, 0.1) is 6.92 Å². The van der Waals surface area contributed by atoms with Crippen molar-refractivity contribution in [2.45, 2.75) is 13.0 Å². The minimum atomic E-state index is 0.306. The standard InChI is InChI=1S/C13H20N2O/c1-11-3-5-12(6-4-11)14-9-13-10-15(2)7-8-16-13/h3-6,13-14H,7-10H2,1-2H3.